The predicted molar refractivity (Wildman–Crippen MR) is 73.1 cm³/mol. The van der Waals surface area contributed by atoms with Crippen LogP contribution in [0.5, 0.6) is 0 Å². The van der Waals surface area contributed by atoms with Crippen LogP contribution in [0.1, 0.15) is 46.5 Å². The van der Waals surface area contributed by atoms with E-state index in [-0.39, 0.29) is 0 Å². The zero-order chi connectivity index (χ0) is 12.4. The maximum Gasteiger partial charge on any atom is 0.0241 e. The molecule has 0 amide bonds. The van der Waals surface area contributed by atoms with Crippen LogP contribution in [0.2, 0.25) is 0 Å². The highest BCUT2D eigenvalue weighted by molar-refractivity contribution is 4.93. The average Bonchev–Trinajstić information content (AvgIpc) is 2.77. The van der Waals surface area contributed by atoms with Crippen molar-refractivity contribution in [3.63, 3.8) is 0 Å². The molecule has 2 fully saturated rings. The molecule has 0 aromatic carbocycles. The van der Waals surface area contributed by atoms with Crippen LogP contribution in [0, 0.1) is 0 Å². The minimum Gasteiger partial charge on any atom is -0.329 e. The summed E-state index contributed by atoms with van der Waals surface area (Å²) in [6.07, 6.45) is 5.35. The van der Waals surface area contributed by atoms with Crippen LogP contribution in [-0.2, 0) is 0 Å². The van der Waals surface area contributed by atoms with E-state index in [0.29, 0.717) is 12.1 Å². The summed E-state index contributed by atoms with van der Waals surface area (Å²) >= 11 is 0. The quantitative estimate of drug-likeness (QED) is 0.813. The van der Waals surface area contributed by atoms with E-state index < -0.39 is 0 Å². The minimum atomic E-state index is 0.635. The van der Waals surface area contributed by atoms with E-state index >= 15 is 0 Å². The number of piperidine rings is 1. The Hall–Kier alpha value is -0.120. The van der Waals surface area contributed by atoms with Crippen molar-refractivity contribution in [1.29, 1.82) is 0 Å². The molecule has 17 heavy (non-hydrogen) atoms. The second kappa shape index (κ2) is 5.68. The lowest BCUT2D eigenvalue weighted by molar-refractivity contribution is 0.0516. The van der Waals surface area contributed by atoms with Crippen molar-refractivity contribution in [2.45, 2.75) is 70.6 Å². The first kappa shape index (κ1) is 13.3. The van der Waals surface area contributed by atoms with Gasteiger partial charge in [-0.3, -0.25) is 9.80 Å². The Balaban J connectivity index is 1.99. The molecular formula is C14H29N3. The summed E-state index contributed by atoms with van der Waals surface area (Å²) in [6, 6.07) is 2.81. The molecule has 2 N–H and O–H groups in total. The largest absolute Gasteiger partial charge is 0.329 e. The molecule has 0 aromatic rings. The van der Waals surface area contributed by atoms with Crippen LogP contribution in [-0.4, -0.2) is 53.6 Å². The molecule has 100 valence electrons. The van der Waals surface area contributed by atoms with E-state index in [0.717, 1.165) is 18.6 Å². The number of nitrogens with two attached hydrogens (primary N) is 1. The van der Waals surface area contributed by atoms with E-state index in [1.54, 1.807) is 0 Å². The summed E-state index contributed by atoms with van der Waals surface area (Å²) in [7, 11) is 0. The maximum atomic E-state index is 5.96. The summed E-state index contributed by atoms with van der Waals surface area (Å²) < 4.78 is 0. The molecule has 2 aliphatic rings. The topological polar surface area (TPSA) is 32.5 Å². The molecule has 2 saturated heterocycles. The number of rotatable bonds is 3. The monoisotopic (exact) mass is 239 g/mol. The van der Waals surface area contributed by atoms with Crippen molar-refractivity contribution in [2.24, 2.45) is 5.73 Å². The fraction of sp³-hybridized carbons (Fsp3) is 1.00. The first-order chi connectivity index (χ1) is 8.13. The van der Waals surface area contributed by atoms with Crippen LogP contribution in [0.4, 0.5) is 0 Å². The van der Waals surface area contributed by atoms with Gasteiger partial charge < -0.3 is 5.73 Å². The van der Waals surface area contributed by atoms with Gasteiger partial charge in [0, 0.05) is 43.8 Å². The number of nitrogens with zero attached hydrogens (tertiary/aromatic N) is 2. The van der Waals surface area contributed by atoms with Crippen molar-refractivity contribution in [2.75, 3.05) is 19.6 Å². The lowest BCUT2D eigenvalue weighted by atomic mass is 9.94. The SMILES string of the molecule is CC(C)N1CCC(N2C(C)CCCC2CN)C1. The molecule has 0 radical (unpaired) electrons. The maximum absolute atomic E-state index is 5.96. The summed E-state index contributed by atoms with van der Waals surface area (Å²) in [4.78, 5) is 5.35. The average molecular weight is 239 g/mol. The fourth-order valence-electron chi connectivity index (χ4n) is 3.69. The van der Waals surface area contributed by atoms with Crippen molar-refractivity contribution < 1.29 is 0 Å². The van der Waals surface area contributed by atoms with Gasteiger partial charge in [0.25, 0.3) is 0 Å². The first-order valence-corrected chi connectivity index (χ1v) is 7.35. The molecule has 2 rings (SSSR count). The van der Waals surface area contributed by atoms with Gasteiger partial charge in [-0.1, -0.05) is 6.42 Å². The summed E-state index contributed by atoms with van der Waals surface area (Å²) in [5.74, 6) is 0. The molecule has 0 saturated carbocycles. The minimum absolute atomic E-state index is 0.635. The van der Waals surface area contributed by atoms with E-state index in [1.807, 2.05) is 0 Å². The molecule has 3 unspecified atom stereocenters. The second-order valence-electron chi connectivity index (χ2n) is 6.15. The lowest BCUT2D eigenvalue weighted by Gasteiger charge is -2.44. The van der Waals surface area contributed by atoms with Crippen LogP contribution < -0.4 is 5.73 Å². The van der Waals surface area contributed by atoms with Crippen LogP contribution in [0.15, 0.2) is 0 Å². The van der Waals surface area contributed by atoms with Gasteiger partial charge >= 0.3 is 0 Å². The third-order valence-corrected chi connectivity index (χ3v) is 4.71. The first-order valence-electron chi connectivity index (χ1n) is 7.35. The van der Waals surface area contributed by atoms with E-state index in [9.17, 15) is 0 Å². The van der Waals surface area contributed by atoms with Gasteiger partial charge in [-0.2, -0.15) is 0 Å². The molecule has 0 aliphatic carbocycles. The molecule has 3 nitrogen and oxygen atoms in total. The van der Waals surface area contributed by atoms with Crippen molar-refractivity contribution in [1.82, 2.24) is 9.80 Å². The highest BCUT2D eigenvalue weighted by Crippen LogP contribution is 2.29. The Kier molecular flexibility index (Phi) is 4.45. The van der Waals surface area contributed by atoms with Gasteiger partial charge in [0.2, 0.25) is 0 Å². The van der Waals surface area contributed by atoms with Crippen molar-refractivity contribution in [3.05, 3.63) is 0 Å². The highest BCUT2D eigenvalue weighted by Gasteiger charge is 2.36. The Morgan fingerprint density at radius 1 is 1.24 bits per heavy atom. The molecule has 2 heterocycles. The highest BCUT2D eigenvalue weighted by atomic mass is 15.3. The molecular weight excluding hydrogens is 210 g/mol. The Bertz CT molecular complexity index is 242. The number of hydrogen-bond acceptors (Lipinski definition) is 3. The Morgan fingerprint density at radius 3 is 2.59 bits per heavy atom. The predicted octanol–water partition coefficient (Wildman–Crippen LogP) is 1.67. The molecule has 0 aromatic heterocycles. The summed E-state index contributed by atoms with van der Waals surface area (Å²) in [5, 5.41) is 0. The second-order valence-corrected chi connectivity index (χ2v) is 6.15. The third kappa shape index (κ3) is 2.83. The molecule has 0 bridgehead atoms. The molecule has 0 spiro atoms. The summed E-state index contributed by atoms with van der Waals surface area (Å²) in [6.45, 7) is 10.4. The lowest BCUT2D eigenvalue weighted by Crippen LogP contribution is -2.54. The fourth-order valence-corrected chi connectivity index (χ4v) is 3.69. The van der Waals surface area contributed by atoms with Crippen LogP contribution in [0.25, 0.3) is 0 Å². The van der Waals surface area contributed by atoms with Gasteiger partial charge in [-0.05, 0) is 40.0 Å². The Labute approximate surface area is 106 Å². The van der Waals surface area contributed by atoms with E-state index in [2.05, 4.69) is 30.6 Å². The van der Waals surface area contributed by atoms with Crippen molar-refractivity contribution >= 4 is 0 Å². The normalized spacial score (nSPS) is 36.9. The number of likely N-dealkylation sites (tertiary alicyclic amines) is 2. The molecule has 3 atom stereocenters. The van der Waals surface area contributed by atoms with Crippen LogP contribution in [0.3, 0.4) is 0 Å². The zero-order valence-corrected chi connectivity index (χ0v) is 11.7. The van der Waals surface area contributed by atoms with Crippen LogP contribution >= 0.6 is 0 Å². The van der Waals surface area contributed by atoms with Crippen molar-refractivity contribution in [3.8, 4) is 0 Å². The number of hydrogen-bond donors (Lipinski definition) is 1. The van der Waals surface area contributed by atoms with Gasteiger partial charge in [0.05, 0.1) is 0 Å². The zero-order valence-electron chi connectivity index (χ0n) is 11.7. The molecule has 2 aliphatic heterocycles. The van der Waals surface area contributed by atoms with E-state index in [1.165, 1.54) is 38.8 Å². The van der Waals surface area contributed by atoms with Gasteiger partial charge in [-0.25, -0.2) is 0 Å². The van der Waals surface area contributed by atoms with E-state index in [4.69, 9.17) is 5.73 Å². The third-order valence-electron chi connectivity index (χ3n) is 4.71. The standard InChI is InChI=1S/C14H29N3/c1-11(2)16-8-7-14(10-16)17-12(3)5-4-6-13(17)9-15/h11-14H,4-10,15H2,1-3H3. The van der Waals surface area contributed by atoms with Gasteiger partial charge in [-0.15, -0.1) is 0 Å². The summed E-state index contributed by atoms with van der Waals surface area (Å²) in [5.41, 5.74) is 5.96. The smallest absolute Gasteiger partial charge is 0.0241 e. The van der Waals surface area contributed by atoms with Gasteiger partial charge in [0.15, 0.2) is 0 Å². The Morgan fingerprint density at radius 2 is 2.00 bits per heavy atom. The molecule has 3 heteroatoms. The van der Waals surface area contributed by atoms with Gasteiger partial charge in [0.1, 0.15) is 0 Å².